The third kappa shape index (κ3) is 8.87. The molecule has 4 aromatic carbocycles. The van der Waals surface area contributed by atoms with E-state index >= 15 is 0 Å². The van der Waals surface area contributed by atoms with Crippen molar-refractivity contribution >= 4 is 5.69 Å². The van der Waals surface area contributed by atoms with Crippen LogP contribution in [0.15, 0.2) is 115 Å². The van der Waals surface area contributed by atoms with Crippen molar-refractivity contribution in [3.63, 3.8) is 0 Å². The summed E-state index contributed by atoms with van der Waals surface area (Å²) in [5, 5.41) is 3.70. The smallest absolute Gasteiger partial charge is 0.160 e. The van der Waals surface area contributed by atoms with E-state index in [0.717, 1.165) is 47.5 Å². The van der Waals surface area contributed by atoms with E-state index in [2.05, 4.69) is 90.5 Å². The Hall–Kier alpha value is -4.23. The summed E-state index contributed by atoms with van der Waals surface area (Å²) in [6.07, 6.45) is 1.99. The summed E-state index contributed by atoms with van der Waals surface area (Å²) in [5.41, 5.74) is 9.15. The van der Waals surface area contributed by atoms with Gasteiger partial charge in [-0.25, -0.2) is 4.39 Å². The first-order valence-corrected chi connectivity index (χ1v) is 17.7. The predicted molar refractivity (Wildman–Crippen MR) is 197 cm³/mol. The number of para-hydroxylation sites is 1. The summed E-state index contributed by atoms with van der Waals surface area (Å²) in [7, 11) is 0. The van der Waals surface area contributed by atoms with Gasteiger partial charge < -0.3 is 24.1 Å². The number of halogens is 1. The lowest BCUT2D eigenvalue weighted by atomic mass is 9.95. The van der Waals surface area contributed by atoms with Gasteiger partial charge in [0.25, 0.3) is 0 Å². The second kappa shape index (κ2) is 16.4. The lowest BCUT2D eigenvalue weighted by Crippen LogP contribution is -2.40. The number of hydrogen-bond acceptors (Lipinski definition) is 4. The molecule has 1 saturated heterocycles. The molecular formula is C43H49FN2O3. The van der Waals surface area contributed by atoms with Crippen LogP contribution in [0.5, 0.6) is 0 Å². The van der Waals surface area contributed by atoms with Crippen LogP contribution >= 0.6 is 0 Å². The minimum absolute atomic E-state index is 0.0269. The van der Waals surface area contributed by atoms with Crippen molar-refractivity contribution in [2.45, 2.75) is 97.2 Å². The number of hydrogen-bond donors (Lipinski definition) is 1. The van der Waals surface area contributed by atoms with Crippen LogP contribution < -0.4 is 5.32 Å². The molecule has 1 aromatic heterocycles. The average Bonchev–Trinajstić information content (AvgIpc) is 3.44. The maximum absolute atomic E-state index is 14.3. The maximum atomic E-state index is 14.3. The van der Waals surface area contributed by atoms with Crippen LogP contribution in [-0.4, -0.2) is 29.2 Å². The Morgan fingerprint density at radius 3 is 2.10 bits per heavy atom. The van der Waals surface area contributed by atoms with Crippen LogP contribution in [-0.2, 0) is 33.9 Å². The van der Waals surface area contributed by atoms with Crippen molar-refractivity contribution in [3.05, 3.63) is 138 Å². The molecule has 1 aliphatic heterocycles. The Morgan fingerprint density at radius 1 is 0.796 bits per heavy atom. The molecule has 6 heteroatoms. The molecule has 6 rings (SSSR count). The van der Waals surface area contributed by atoms with E-state index in [9.17, 15) is 4.39 Å². The molecule has 5 aromatic rings. The average molecular weight is 661 g/mol. The van der Waals surface area contributed by atoms with Gasteiger partial charge in [0.15, 0.2) is 6.29 Å². The second-order valence-corrected chi connectivity index (χ2v) is 13.5. The Labute approximate surface area is 291 Å². The van der Waals surface area contributed by atoms with Crippen LogP contribution in [0.3, 0.4) is 0 Å². The zero-order valence-corrected chi connectivity index (χ0v) is 29.1. The molecule has 49 heavy (non-hydrogen) atoms. The Bertz CT molecular complexity index is 1740. The zero-order chi connectivity index (χ0) is 34.2. The third-order valence-electron chi connectivity index (χ3n) is 9.13. The monoisotopic (exact) mass is 660 g/mol. The van der Waals surface area contributed by atoms with E-state index < -0.39 is 0 Å². The molecule has 5 nitrogen and oxygen atoms in total. The van der Waals surface area contributed by atoms with Gasteiger partial charge in [0.05, 0.1) is 30.6 Å². The quantitative estimate of drug-likeness (QED) is 0.129. The first kappa shape index (κ1) is 34.6. The van der Waals surface area contributed by atoms with Gasteiger partial charge in [-0.05, 0) is 79.3 Å². The standard InChI is InChI=1S/C43H49FN2O3/c1-30(2)42-39(28-45-36-18-12-7-13-19-36)41(33-16-10-6-11-17-33)43(34-20-22-35(44)23-21-34)46(42)25-24-37-26-38(27-40(49-37)48-31(3)4)47-29-32-14-8-5-9-15-32/h5-23,30-31,37-38,40,45H,24-29H2,1-4H3. The molecule has 3 unspecified atom stereocenters. The molecule has 0 bridgehead atoms. The van der Waals surface area contributed by atoms with Gasteiger partial charge >= 0.3 is 0 Å². The highest BCUT2D eigenvalue weighted by Crippen LogP contribution is 2.43. The van der Waals surface area contributed by atoms with E-state index in [4.69, 9.17) is 14.2 Å². The lowest BCUT2D eigenvalue weighted by molar-refractivity contribution is -0.236. The van der Waals surface area contributed by atoms with E-state index in [-0.39, 0.29) is 36.3 Å². The minimum Gasteiger partial charge on any atom is -0.381 e. The number of anilines is 1. The number of benzene rings is 4. The Balaban J connectivity index is 1.37. The van der Waals surface area contributed by atoms with E-state index in [1.807, 2.05) is 50.2 Å². The fourth-order valence-corrected chi connectivity index (χ4v) is 7.04. The molecule has 2 heterocycles. The summed E-state index contributed by atoms with van der Waals surface area (Å²) >= 11 is 0. The van der Waals surface area contributed by atoms with Gasteiger partial charge in [-0.3, -0.25) is 0 Å². The van der Waals surface area contributed by atoms with Crippen LogP contribution in [0.2, 0.25) is 0 Å². The molecule has 1 aliphatic rings. The van der Waals surface area contributed by atoms with Crippen molar-refractivity contribution in [2.24, 2.45) is 0 Å². The van der Waals surface area contributed by atoms with Crippen molar-refractivity contribution in [1.29, 1.82) is 0 Å². The van der Waals surface area contributed by atoms with Crippen LogP contribution in [0.4, 0.5) is 10.1 Å². The van der Waals surface area contributed by atoms with E-state index in [0.29, 0.717) is 19.6 Å². The summed E-state index contributed by atoms with van der Waals surface area (Å²) < 4.78 is 36.1. The van der Waals surface area contributed by atoms with Crippen molar-refractivity contribution < 1.29 is 18.6 Å². The van der Waals surface area contributed by atoms with Crippen molar-refractivity contribution in [3.8, 4) is 22.4 Å². The lowest BCUT2D eigenvalue weighted by Gasteiger charge is -2.36. The topological polar surface area (TPSA) is 44.7 Å². The number of nitrogens with zero attached hydrogens (tertiary/aromatic N) is 1. The first-order chi connectivity index (χ1) is 23.9. The molecular weight excluding hydrogens is 611 g/mol. The Kier molecular flexibility index (Phi) is 11.6. The van der Waals surface area contributed by atoms with E-state index in [1.54, 1.807) is 12.1 Å². The molecule has 3 atom stereocenters. The number of aromatic nitrogens is 1. The summed E-state index contributed by atoms with van der Waals surface area (Å²) in [6, 6.07) is 38.2. The molecule has 1 N–H and O–H groups in total. The summed E-state index contributed by atoms with van der Waals surface area (Å²) in [5.74, 6) is -0.0120. The van der Waals surface area contributed by atoms with Crippen molar-refractivity contribution in [1.82, 2.24) is 4.57 Å². The van der Waals surface area contributed by atoms with Crippen LogP contribution in [0.1, 0.15) is 69.7 Å². The normalized spacial score (nSPS) is 17.9. The number of nitrogens with one attached hydrogen (secondary N) is 1. The van der Waals surface area contributed by atoms with Crippen LogP contribution in [0, 0.1) is 5.82 Å². The molecule has 0 saturated carbocycles. The SMILES string of the molecule is CC(C)OC1CC(OCc2ccccc2)CC(CCn2c(-c3ccc(F)cc3)c(-c3ccccc3)c(CNc3ccccc3)c2C(C)C)O1. The molecule has 0 amide bonds. The number of rotatable bonds is 14. The largest absolute Gasteiger partial charge is 0.381 e. The van der Waals surface area contributed by atoms with Gasteiger partial charge in [-0.15, -0.1) is 0 Å². The minimum atomic E-state index is -0.323. The molecule has 1 fully saturated rings. The van der Waals surface area contributed by atoms with Gasteiger partial charge in [0.2, 0.25) is 0 Å². The van der Waals surface area contributed by atoms with E-state index in [1.165, 1.54) is 16.8 Å². The molecule has 0 radical (unpaired) electrons. The van der Waals surface area contributed by atoms with Gasteiger partial charge in [0.1, 0.15) is 5.82 Å². The Morgan fingerprint density at radius 2 is 1.45 bits per heavy atom. The van der Waals surface area contributed by atoms with Gasteiger partial charge in [0, 0.05) is 48.4 Å². The highest BCUT2D eigenvalue weighted by molar-refractivity contribution is 5.86. The van der Waals surface area contributed by atoms with Crippen LogP contribution in [0.25, 0.3) is 22.4 Å². The van der Waals surface area contributed by atoms with Crippen molar-refractivity contribution in [2.75, 3.05) is 5.32 Å². The third-order valence-corrected chi connectivity index (χ3v) is 9.13. The molecule has 256 valence electrons. The fourth-order valence-electron chi connectivity index (χ4n) is 7.04. The highest BCUT2D eigenvalue weighted by atomic mass is 19.1. The fraction of sp³-hybridized carbons (Fsp3) is 0.349. The highest BCUT2D eigenvalue weighted by Gasteiger charge is 2.33. The maximum Gasteiger partial charge on any atom is 0.160 e. The molecule has 0 aliphatic carbocycles. The second-order valence-electron chi connectivity index (χ2n) is 13.5. The molecule has 0 spiro atoms. The first-order valence-electron chi connectivity index (χ1n) is 17.7. The zero-order valence-electron chi connectivity index (χ0n) is 29.1. The number of ether oxygens (including phenoxy) is 3. The summed E-state index contributed by atoms with van der Waals surface area (Å²) in [4.78, 5) is 0. The van der Waals surface area contributed by atoms with Gasteiger partial charge in [-0.2, -0.15) is 0 Å². The van der Waals surface area contributed by atoms with Gasteiger partial charge in [-0.1, -0.05) is 92.7 Å². The predicted octanol–water partition coefficient (Wildman–Crippen LogP) is 10.6. The summed E-state index contributed by atoms with van der Waals surface area (Å²) in [6.45, 7) is 10.6.